The van der Waals surface area contributed by atoms with Crippen molar-refractivity contribution in [3.05, 3.63) is 53.6 Å². The summed E-state index contributed by atoms with van der Waals surface area (Å²) in [6.45, 7) is 4.70. The van der Waals surface area contributed by atoms with Gasteiger partial charge in [-0.2, -0.15) is 0 Å². The van der Waals surface area contributed by atoms with Crippen LogP contribution >= 0.6 is 0 Å². The van der Waals surface area contributed by atoms with Gasteiger partial charge in [-0.05, 0) is 69.4 Å². The van der Waals surface area contributed by atoms with Gasteiger partial charge >= 0.3 is 0 Å². The summed E-state index contributed by atoms with van der Waals surface area (Å²) >= 11 is 0. The van der Waals surface area contributed by atoms with Crippen molar-refractivity contribution in [2.45, 2.75) is 32.2 Å². The molecule has 2 aromatic carbocycles. The van der Waals surface area contributed by atoms with Gasteiger partial charge < -0.3 is 24.0 Å². The Kier molecular flexibility index (Phi) is 8.25. The number of fused-ring (bicyclic) bond motifs is 1. The summed E-state index contributed by atoms with van der Waals surface area (Å²) in [4.78, 5) is 43.7. The molecule has 2 aromatic rings. The molecule has 0 spiro atoms. The Morgan fingerprint density at radius 1 is 1.03 bits per heavy atom. The lowest BCUT2D eigenvalue weighted by Crippen LogP contribution is -2.33. The van der Waals surface area contributed by atoms with E-state index in [4.69, 9.17) is 14.2 Å². The van der Waals surface area contributed by atoms with E-state index in [2.05, 4.69) is 6.92 Å². The lowest BCUT2D eigenvalue weighted by Gasteiger charge is -2.28. The van der Waals surface area contributed by atoms with Crippen molar-refractivity contribution < 1.29 is 28.6 Å². The van der Waals surface area contributed by atoms with Crippen molar-refractivity contribution in [2.75, 3.05) is 47.0 Å². The first-order valence-corrected chi connectivity index (χ1v) is 12.6. The van der Waals surface area contributed by atoms with Crippen LogP contribution in [0.3, 0.4) is 0 Å². The molecular formula is C28H34N2O6. The first-order valence-electron chi connectivity index (χ1n) is 12.6. The SMILES string of the molecule is CCCCOc1ccc(C2C(C(=O)c3ccc4c(c3)OCCO4)C(=O)C(=O)N2CCCN(C)C)cc1. The van der Waals surface area contributed by atoms with Gasteiger partial charge in [-0.1, -0.05) is 25.5 Å². The van der Waals surface area contributed by atoms with Gasteiger partial charge in [0.05, 0.1) is 12.6 Å². The van der Waals surface area contributed by atoms with E-state index in [1.165, 1.54) is 0 Å². The quantitative estimate of drug-likeness (QED) is 0.204. The molecule has 0 aromatic heterocycles. The van der Waals surface area contributed by atoms with E-state index in [1.807, 2.05) is 43.3 Å². The molecule has 2 aliphatic rings. The molecule has 4 rings (SSSR count). The highest BCUT2D eigenvalue weighted by Gasteiger charge is 2.51. The Balaban J connectivity index is 1.64. The lowest BCUT2D eigenvalue weighted by molar-refractivity contribution is -0.140. The number of amides is 1. The number of nitrogens with zero attached hydrogens (tertiary/aromatic N) is 2. The number of likely N-dealkylation sites (tertiary alicyclic amines) is 1. The van der Waals surface area contributed by atoms with Gasteiger partial charge in [-0.15, -0.1) is 0 Å². The van der Waals surface area contributed by atoms with E-state index >= 15 is 0 Å². The maximum atomic E-state index is 13.7. The van der Waals surface area contributed by atoms with Crippen LogP contribution in [0.1, 0.15) is 48.1 Å². The molecule has 2 heterocycles. The largest absolute Gasteiger partial charge is 0.494 e. The first kappa shape index (κ1) is 25.7. The number of carbonyl (C=O) groups excluding carboxylic acids is 3. The van der Waals surface area contributed by atoms with Gasteiger partial charge in [0.2, 0.25) is 5.78 Å². The summed E-state index contributed by atoms with van der Waals surface area (Å²) in [5, 5.41) is 0. The summed E-state index contributed by atoms with van der Waals surface area (Å²) < 4.78 is 17.0. The molecule has 0 N–H and O–H groups in total. The highest BCUT2D eigenvalue weighted by molar-refractivity contribution is 6.44. The second-order valence-electron chi connectivity index (χ2n) is 9.44. The zero-order chi connectivity index (χ0) is 25.7. The highest BCUT2D eigenvalue weighted by Crippen LogP contribution is 2.40. The molecule has 1 saturated heterocycles. The molecule has 0 aliphatic carbocycles. The lowest BCUT2D eigenvalue weighted by atomic mass is 9.86. The summed E-state index contributed by atoms with van der Waals surface area (Å²) in [7, 11) is 3.92. The normalized spacial score (nSPS) is 19.2. The van der Waals surface area contributed by atoms with Gasteiger partial charge in [0.1, 0.15) is 24.9 Å². The molecule has 0 saturated carbocycles. The number of hydrogen-bond donors (Lipinski definition) is 0. The molecular weight excluding hydrogens is 460 g/mol. The topological polar surface area (TPSA) is 85.4 Å². The number of ether oxygens (including phenoxy) is 3. The summed E-state index contributed by atoms with van der Waals surface area (Å²) in [6.07, 6.45) is 2.68. The van der Waals surface area contributed by atoms with E-state index in [0.717, 1.165) is 30.7 Å². The molecule has 8 nitrogen and oxygen atoms in total. The summed E-state index contributed by atoms with van der Waals surface area (Å²) in [5.74, 6) is -1.06. The van der Waals surface area contributed by atoms with Gasteiger partial charge in [0, 0.05) is 12.1 Å². The van der Waals surface area contributed by atoms with Crippen LogP contribution in [0.25, 0.3) is 0 Å². The van der Waals surface area contributed by atoms with E-state index < -0.39 is 29.4 Å². The third-order valence-electron chi connectivity index (χ3n) is 6.51. The van der Waals surface area contributed by atoms with Crippen LogP contribution in [-0.2, 0) is 9.59 Å². The van der Waals surface area contributed by atoms with E-state index in [-0.39, 0.29) is 0 Å². The zero-order valence-corrected chi connectivity index (χ0v) is 21.2. The van der Waals surface area contributed by atoms with Crippen molar-refractivity contribution in [3.8, 4) is 17.2 Å². The van der Waals surface area contributed by atoms with Crippen LogP contribution in [0.2, 0.25) is 0 Å². The minimum atomic E-state index is -1.13. The molecule has 1 fully saturated rings. The zero-order valence-electron chi connectivity index (χ0n) is 21.2. The number of benzene rings is 2. The molecule has 2 unspecified atom stereocenters. The molecule has 1 amide bonds. The maximum Gasteiger partial charge on any atom is 0.291 e. The monoisotopic (exact) mass is 494 g/mol. The molecule has 0 radical (unpaired) electrons. The van der Waals surface area contributed by atoms with Crippen LogP contribution in [0.5, 0.6) is 17.2 Å². The van der Waals surface area contributed by atoms with Crippen LogP contribution < -0.4 is 14.2 Å². The average Bonchev–Trinajstić information content (AvgIpc) is 3.13. The fourth-order valence-electron chi connectivity index (χ4n) is 4.63. The van der Waals surface area contributed by atoms with Crippen molar-refractivity contribution in [2.24, 2.45) is 5.92 Å². The smallest absolute Gasteiger partial charge is 0.291 e. The highest BCUT2D eigenvalue weighted by atomic mass is 16.6. The van der Waals surface area contributed by atoms with Gasteiger partial charge in [0.15, 0.2) is 17.3 Å². The fourth-order valence-corrected chi connectivity index (χ4v) is 4.63. The predicted octanol–water partition coefficient (Wildman–Crippen LogP) is 3.54. The predicted molar refractivity (Wildman–Crippen MR) is 135 cm³/mol. The van der Waals surface area contributed by atoms with Crippen LogP contribution in [0.4, 0.5) is 0 Å². The molecule has 192 valence electrons. The van der Waals surface area contributed by atoms with Crippen LogP contribution in [0.15, 0.2) is 42.5 Å². The van der Waals surface area contributed by atoms with E-state index in [1.54, 1.807) is 23.1 Å². The van der Waals surface area contributed by atoms with Gasteiger partial charge in [0.25, 0.3) is 5.91 Å². The standard InChI is InChI=1S/C28H34N2O6/c1-4-5-15-34-21-10-7-19(8-11-21)25-24(27(32)28(33)30(25)14-6-13-29(2)3)26(31)20-9-12-22-23(18-20)36-17-16-35-22/h7-12,18,24-25H,4-6,13-17H2,1-3H3. The second kappa shape index (κ2) is 11.6. The third kappa shape index (κ3) is 5.54. The Hall–Kier alpha value is -3.39. The van der Waals surface area contributed by atoms with Crippen molar-refractivity contribution >= 4 is 17.5 Å². The minimum absolute atomic E-state index is 0.324. The first-order chi connectivity index (χ1) is 17.4. The van der Waals surface area contributed by atoms with Crippen LogP contribution in [0, 0.1) is 5.92 Å². The number of rotatable bonds is 11. The number of Topliss-reactive ketones (excluding diaryl/α,β-unsaturated/α-hetero) is 2. The fraction of sp³-hybridized carbons (Fsp3) is 0.464. The number of hydrogen-bond acceptors (Lipinski definition) is 7. The van der Waals surface area contributed by atoms with Crippen molar-refractivity contribution in [1.82, 2.24) is 9.80 Å². The van der Waals surface area contributed by atoms with Crippen molar-refractivity contribution in [3.63, 3.8) is 0 Å². The van der Waals surface area contributed by atoms with Gasteiger partial charge in [-0.25, -0.2) is 0 Å². The summed E-state index contributed by atoms with van der Waals surface area (Å²) in [5.41, 5.74) is 1.06. The number of carbonyl (C=O) groups is 3. The maximum absolute atomic E-state index is 13.7. The number of ketones is 2. The molecule has 2 atom stereocenters. The third-order valence-corrected chi connectivity index (χ3v) is 6.51. The van der Waals surface area contributed by atoms with E-state index in [9.17, 15) is 14.4 Å². The average molecular weight is 495 g/mol. The molecule has 2 aliphatic heterocycles. The van der Waals surface area contributed by atoms with Gasteiger partial charge in [-0.3, -0.25) is 14.4 Å². The van der Waals surface area contributed by atoms with Crippen molar-refractivity contribution in [1.29, 1.82) is 0 Å². The molecule has 8 heteroatoms. The minimum Gasteiger partial charge on any atom is -0.494 e. The Bertz CT molecular complexity index is 1100. The molecule has 36 heavy (non-hydrogen) atoms. The Labute approximate surface area is 212 Å². The Morgan fingerprint density at radius 2 is 1.75 bits per heavy atom. The molecule has 0 bridgehead atoms. The van der Waals surface area contributed by atoms with E-state index in [0.29, 0.717) is 49.8 Å². The Morgan fingerprint density at radius 3 is 2.44 bits per heavy atom. The summed E-state index contributed by atoms with van der Waals surface area (Å²) in [6, 6.07) is 11.6. The number of unbranched alkanes of at least 4 members (excludes halogenated alkanes) is 1. The van der Waals surface area contributed by atoms with Crippen LogP contribution in [-0.4, -0.2) is 74.3 Å². The second-order valence-corrected chi connectivity index (χ2v) is 9.44.